The lowest BCUT2D eigenvalue weighted by molar-refractivity contribution is 0.0949. The molecule has 1 amide bonds. The molecule has 0 spiro atoms. The van der Waals surface area contributed by atoms with E-state index < -0.39 is 5.91 Å². The predicted molar refractivity (Wildman–Crippen MR) is 91.9 cm³/mol. The number of aromatic nitrogens is 1. The maximum Gasteiger partial charge on any atom is 0.257 e. The number of hydrogen-bond donors (Lipinski definition) is 2. The fourth-order valence-electron chi connectivity index (χ4n) is 2.43. The van der Waals surface area contributed by atoms with E-state index in [2.05, 4.69) is 10.3 Å². The predicted octanol–water partition coefficient (Wildman–Crippen LogP) is 3.42. The van der Waals surface area contributed by atoms with Crippen LogP contribution < -0.4 is 10.7 Å². The lowest BCUT2D eigenvalue weighted by Gasteiger charge is -2.07. The van der Waals surface area contributed by atoms with Crippen LogP contribution in [-0.2, 0) is 6.54 Å². The zero-order valence-electron chi connectivity index (χ0n) is 12.5. The minimum Gasteiger partial charge on any atom is -0.360 e. The quantitative estimate of drug-likeness (QED) is 0.774. The van der Waals surface area contributed by atoms with Gasteiger partial charge in [-0.05, 0) is 36.2 Å². The zero-order valence-corrected chi connectivity index (χ0v) is 13.3. The summed E-state index contributed by atoms with van der Waals surface area (Å²) in [5, 5.41) is 3.95. The van der Waals surface area contributed by atoms with Crippen LogP contribution in [0, 0.1) is 6.92 Å². The van der Waals surface area contributed by atoms with Crippen LogP contribution in [0.1, 0.15) is 21.5 Å². The Morgan fingerprint density at radius 2 is 2.00 bits per heavy atom. The normalized spacial score (nSPS) is 10.7. The lowest BCUT2D eigenvalue weighted by Crippen LogP contribution is -2.28. The van der Waals surface area contributed by atoms with Crippen molar-refractivity contribution in [1.29, 1.82) is 0 Å². The highest BCUT2D eigenvalue weighted by Crippen LogP contribution is 2.16. The largest absolute Gasteiger partial charge is 0.360 e. The number of carbonyl (C=O) groups is 1. The Morgan fingerprint density at radius 3 is 2.78 bits per heavy atom. The summed E-state index contributed by atoms with van der Waals surface area (Å²) >= 11 is 5.98. The molecule has 0 radical (unpaired) electrons. The van der Waals surface area contributed by atoms with Crippen molar-refractivity contribution in [2.75, 3.05) is 0 Å². The molecule has 0 aliphatic heterocycles. The Hall–Kier alpha value is -2.59. The average Bonchev–Trinajstić information content (AvgIpc) is 2.56. The van der Waals surface area contributed by atoms with Crippen molar-refractivity contribution in [3.05, 3.63) is 80.6 Å². The molecule has 1 heterocycles. The third-order valence-electron chi connectivity index (χ3n) is 3.71. The number of fused-ring (bicyclic) bond motifs is 1. The van der Waals surface area contributed by atoms with Crippen LogP contribution in [-0.4, -0.2) is 10.9 Å². The van der Waals surface area contributed by atoms with Gasteiger partial charge in [0.05, 0.1) is 0 Å². The minimum absolute atomic E-state index is 0.106. The van der Waals surface area contributed by atoms with Crippen LogP contribution >= 0.6 is 11.6 Å². The molecule has 4 nitrogen and oxygen atoms in total. The number of aromatic amines is 1. The third-order valence-corrected chi connectivity index (χ3v) is 4.13. The Balaban J connectivity index is 1.82. The molecule has 3 rings (SSSR count). The SMILES string of the molecule is Cc1cc(CNC(=O)c2c[nH]c3ccccc3c2=O)ccc1Cl. The van der Waals surface area contributed by atoms with Gasteiger partial charge < -0.3 is 10.3 Å². The highest BCUT2D eigenvalue weighted by Gasteiger charge is 2.12. The summed E-state index contributed by atoms with van der Waals surface area (Å²) in [5.74, 6) is -0.399. The van der Waals surface area contributed by atoms with E-state index in [1.54, 1.807) is 24.3 Å². The van der Waals surface area contributed by atoms with Crippen LogP contribution in [0.15, 0.2) is 53.5 Å². The molecule has 2 aromatic carbocycles. The second-order valence-electron chi connectivity index (χ2n) is 5.34. The van der Waals surface area contributed by atoms with Gasteiger partial charge in [-0.1, -0.05) is 35.9 Å². The molecule has 0 atom stereocenters. The van der Waals surface area contributed by atoms with Crippen LogP contribution in [0.4, 0.5) is 0 Å². The van der Waals surface area contributed by atoms with Gasteiger partial charge in [-0.3, -0.25) is 9.59 Å². The summed E-state index contributed by atoms with van der Waals surface area (Å²) in [5.41, 5.74) is 2.42. The van der Waals surface area contributed by atoms with E-state index in [1.165, 1.54) is 6.20 Å². The second-order valence-corrected chi connectivity index (χ2v) is 5.75. The number of benzene rings is 2. The third kappa shape index (κ3) is 3.12. The molecule has 0 aliphatic carbocycles. The first-order valence-electron chi connectivity index (χ1n) is 7.20. The first-order valence-corrected chi connectivity index (χ1v) is 7.58. The number of halogens is 1. The van der Waals surface area contributed by atoms with Crippen molar-refractivity contribution in [3.63, 3.8) is 0 Å². The summed E-state index contributed by atoms with van der Waals surface area (Å²) in [6, 6.07) is 12.7. The Bertz CT molecular complexity index is 947. The lowest BCUT2D eigenvalue weighted by atomic mass is 10.1. The molecule has 2 N–H and O–H groups in total. The highest BCUT2D eigenvalue weighted by atomic mass is 35.5. The molecular formula is C18H15ClN2O2. The number of para-hydroxylation sites is 1. The first-order chi connectivity index (χ1) is 11.1. The van der Waals surface area contributed by atoms with Gasteiger partial charge in [0.1, 0.15) is 5.56 Å². The number of nitrogens with one attached hydrogen (secondary N) is 2. The van der Waals surface area contributed by atoms with Gasteiger partial charge in [0, 0.05) is 28.7 Å². The zero-order chi connectivity index (χ0) is 16.4. The Kier molecular flexibility index (Phi) is 4.17. The molecule has 116 valence electrons. The molecule has 0 saturated carbocycles. The van der Waals surface area contributed by atoms with Crippen molar-refractivity contribution in [2.45, 2.75) is 13.5 Å². The van der Waals surface area contributed by atoms with Gasteiger partial charge in [0.2, 0.25) is 5.43 Å². The standard InChI is InChI=1S/C18H15ClN2O2/c1-11-8-12(6-7-15(11)19)9-21-18(23)14-10-20-16-5-3-2-4-13(16)17(14)22/h2-8,10H,9H2,1H3,(H,20,22)(H,21,23). The summed E-state index contributed by atoms with van der Waals surface area (Å²) < 4.78 is 0. The average molecular weight is 327 g/mol. The molecule has 23 heavy (non-hydrogen) atoms. The topological polar surface area (TPSA) is 62.0 Å². The molecule has 5 heteroatoms. The van der Waals surface area contributed by atoms with Crippen molar-refractivity contribution in [1.82, 2.24) is 10.3 Å². The number of amides is 1. The first kappa shape index (κ1) is 15.3. The van der Waals surface area contributed by atoms with Gasteiger partial charge in [0.25, 0.3) is 5.91 Å². The number of carbonyl (C=O) groups excluding carboxylic acids is 1. The van der Waals surface area contributed by atoms with E-state index in [0.717, 1.165) is 11.1 Å². The molecule has 0 aliphatic rings. The van der Waals surface area contributed by atoms with E-state index in [1.807, 2.05) is 25.1 Å². The van der Waals surface area contributed by atoms with Crippen molar-refractivity contribution in [3.8, 4) is 0 Å². The molecule has 0 bridgehead atoms. The maximum absolute atomic E-state index is 12.4. The smallest absolute Gasteiger partial charge is 0.257 e. The molecule has 1 aromatic heterocycles. The molecule has 0 fully saturated rings. The number of hydrogen-bond acceptors (Lipinski definition) is 2. The minimum atomic E-state index is -0.399. The van der Waals surface area contributed by atoms with Crippen LogP contribution in [0.5, 0.6) is 0 Å². The van der Waals surface area contributed by atoms with E-state index in [0.29, 0.717) is 22.5 Å². The van der Waals surface area contributed by atoms with E-state index in [4.69, 9.17) is 11.6 Å². The second kappa shape index (κ2) is 6.26. The van der Waals surface area contributed by atoms with Gasteiger partial charge in [-0.15, -0.1) is 0 Å². The van der Waals surface area contributed by atoms with Crippen molar-refractivity contribution in [2.24, 2.45) is 0 Å². The van der Waals surface area contributed by atoms with E-state index in [9.17, 15) is 9.59 Å². The van der Waals surface area contributed by atoms with E-state index >= 15 is 0 Å². The summed E-state index contributed by atoms with van der Waals surface area (Å²) in [6.45, 7) is 2.24. The molecule has 3 aromatic rings. The molecule has 0 unspecified atom stereocenters. The fourth-order valence-corrected chi connectivity index (χ4v) is 2.55. The Labute approximate surface area is 138 Å². The number of pyridine rings is 1. The van der Waals surface area contributed by atoms with E-state index in [-0.39, 0.29) is 11.0 Å². The van der Waals surface area contributed by atoms with Gasteiger partial charge in [0.15, 0.2) is 0 Å². The van der Waals surface area contributed by atoms with Gasteiger partial charge >= 0.3 is 0 Å². The number of rotatable bonds is 3. The number of H-pyrrole nitrogens is 1. The monoisotopic (exact) mass is 326 g/mol. The molecular weight excluding hydrogens is 312 g/mol. The Morgan fingerprint density at radius 1 is 1.22 bits per heavy atom. The van der Waals surface area contributed by atoms with Crippen LogP contribution in [0.25, 0.3) is 10.9 Å². The summed E-state index contributed by atoms with van der Waals surface area (Å²) in [7, 11) is 0. The van der Waals surface area contributed by atoms with Gasteiger partial charge in [-0.25, -0.2) is 0 Å². The van der Waals surface area contributed by atoms with Crippen LogP contribution in [0.3, 0.4) is 0 Å². The van der Waals surface area contributed by atoms with Crippen LogP contribution in [0.2, 0.25) is 5.02 Å². The number of aryl methyl sites for hydroxylation is 1. The maximum atomic E-state index is 12.4. The molecule has 0 saturated heterocycles. The van der Waals surface area contributed by atoms with Gasteiger partial charge in [-0.2, -0.15) is 0 Å². The highest BCUT2D eigenvalue weighted by molar-refractivity contribution is 6.31. The summed E-state index contributed by atoms with van der Waals surface area (Å²) in [6.07, 6.45) is 1.45. The summed E-state index contributed by atoms with van der Waals surface area (Å²) in [4.78, 5) is 27.6. The van der Waals surface area contributed by atoms with Crippen molar-refractivity contribution < 1.29 is 4.79 Å². The fraction of sp³-hybridized carbons (Fsp3) is 0.111. The van der Waals surface area contributed by atoms with Crippen molar-refractivity contribution >= 4 is 28.4 Å².